The van der Waals surface area contributed by atoms with Crippen LogP contribution in [-0.4, -0.2) is 29.8 Å². The third-order valence-corrected chi connectivity index (χ3v) is 4.91. The fourth-order valence-corrected chi connectivity index (χ4v) is 3.24. The Hall–Kier alpha value is -3.48. The van der Waals surface area contributed by atoms with Gasteiger partial charge < -0.3 is 10.1 Å². The number of hydrogen-bond acceptors (Lipinski definition) is 5. The second-order valence-corrected chi connectivity index (χ2v) is 7.45. The van der Waals surface area contributed by atoms with Gasteiger partial charge in [-0.25, -0.2) is 4.79 Å². The molecule has 0 aromatic heterocycles. The zero-order valence-corrected chi connectivity index (χ0v) is 17.2. The summed E-state index contributed by atoms with van der Waals surface area (Å²) >= 11 is 0. The number of esters is 1. The number of carbonyl (C=O) groups is 4. The third kappa shape index (κ3) is 4.56. The Morgan fingerprint density at radius 3 is 2.13 bits per heavy atom. The lowest BCUT2D eigenvalue weighted by Gasteiger charge is -2.17. The van der Waals surface area contributed by atoms with Gasteiger partial charge in [-0.15, -0.1) is 0 Å². The van der Waals surface area contributed by atoms with E-state index in [1.54, 1.807) is 6.07 Å². The van der Waals surface area contributed by atoms with Gasteiger partial charge in [-0.1, -0.05) is 32.0 Å². The van der Waals surface area contributed by atoms with Crippen molar-refractivity contribution in [3.8, 4) is 0 Å². The van der Waals surface area contributed by atoms with E-state index in [2.05, 4.69) is 5.32 Å². The van der Waals surface area contributed by atoms with Gasteiger partial charge in [0.25, 0.3) is 5.91 Å². The molecule has 2 aromatic rings. The maximum Gasteiger partial charge on any atom is 0.338 e. The van der Waals surface area contributed by atoms with Gasteiger partial charge in [-0.3, -0.25) is 19.3 Å². The van der Waals surface area contributed by atoms with Crippen molar-refractivity contribution in [3.63, 3.8) is 0 Å². The number of hydrogen-bond donors (Lipinski definition) is 1. The molecule has 1 heterocycles. The maximum atomic E-state index is 12.5. The van der Waals surface area contributed by atoms with Crippen molar-refractivity contribution in [1.82, 2.24) is 0 Å². The molecule has 7 heteroatoms. The molecule has 3 rings (SSSR count). The molecule has 7 nitrogen and oxygen atoms in total. The molecule has 0 saturated carbocycles. The standard InChI is InChI=1S/C23H24N2O5/c1-14(2)18-6-4-5-7-19(18)24-22(28)15(3)30-23(29)16-8-10-17(11-9-16)25-20(26)12-13-21(25)27/h4-11,14-15H,12-13H2,1-3H3,(H,24,28)/t15-/m0/s1. The molecule has 1 N–H and O–H groups in total. The van der Waals surface area contributed by atoms with Crippen LogP contribution in [0.2, 0.25) is 0 Å². The van der Waals surface area contributed by atoms with E-state index in [0.717, 1.165) is 10.5 Å². The van der Waals surface area contributed by atoms with Gasteiger partial charge in [0, 0.05) is 18.5 Å². The molecule has 0 bridgehead atoms. The van der Waals surface area contributed by atoms with Gasteiger partial charge in [0.2, 0.25) is 11.8 Å². The fraction of sp³-hybridized carbons (Fsp3) is 0.304. The Labute approximate surface area is 175 Å². The van der Waals surface area contributed by atoms with E-state index in [4.69, 9.17) is 4.74 Å². The van der Waals surface area contributed by atoms with Gasteiger partial charge in [0.1, 0.15) is 0 Å². The molecular formula is C23H24N2O5. The van der Waals surface area contributed by atoms with Crippen LogP contribution in [0.4, 0.5) is 11.4 Å². The van der Waals surface area contributed by atoms with Crippen LogP contribution in [0.15, 0.2) is 48.5 Å². The molecule has 156 valence electrons. The molecule has 1 fully saturated rings. The predicted molar refractivity (Wildman–Crippen MR) is 112 cm³/mol. The van der Waals surface area contributed by atoms with Crippen molar-refractivity contribution < 1.29 is 23.9 Å². The molecule has 0 radical (unpaired) electrons. The van der Waals surface area contributed by atoms with E-state index in [9.17, 15) is 19.2 Å². The van der Waals surface area contributed by atoms with E-state index in [0.29, 0.717) is 11.4 Å². The highest BCUT2D eigenvalue weighted by molar-refractivity contribution is 6.19. The van der Waals surface area contributed by atoms with Crippen LogP contribution in [-0.2, 0) is 19.1 Å². The molecule has 1 aliphatic rings. The van der Waals surface area contributed by atoms with E-state index in [-0.39, 0.29) is 36.1 Å². The van der Waals surface area contributed by atoms with Crippen LogP contribution in [0.3, 0.4) is 0 Å². The number of amides is 3. The van der Waals surface area contributed by atoms with Crippen LogP contribution < -0.4 is 10.2 Å². The molecule has 3 amide bonds. The first kappa shape index (κ1) is 21.2. The SMILES string of the molecule is CC(C)c1ccccc1NC(=O)[C@H](C)OC(=O)c1ccc(N2C(=O)CCC2=O)cc1. The van der Waals surface area contributed by atoms with Crippen molar-refractivity contribution in [3.05, 3.63) is 59.7 Å². The van der Waals surface area contributed by atoms with E-state index < -0.39 is 18.0 Å². The highest BCUT2D eigenvalue weighted by atomic mass is 16.5. The molecule has 1 aliphatic heterocycles. The predicted octanol–water partition coefficient (Wildman–Crippen LogP) is 3.65. The number of nitrogens with one attached hydrogen (secondary N) is 1. The van der Waals surface area contributed by atoms with Crippen LogP contribution >= 0.6 is 0 Å². The van der Waals surface area contributed by atoms with E-state index in [1.807, 2.05) is 32.0 Å². The van der Waals surface area contributed by atoms with E-state index >= 15 is 0 Å². The highest BCUT2D eigenvalue weighted by Gasteiger charge is 2.30. The summed E-state index contributed by atoms with van der Waals surface area (Å²) in [6, 6.07) is 13.4. The average molecular weight is 408 g/mol. The minimum Gasteiger partial charge on any atom is -0.449 e. The first-order valence-corrected chi connectivity index (χ1v) is 9.84. The Bertz CT molecular complexity index is 965. The molecule has 30 heavy (non-hydrogen) atoms. The van der Waals surface area contributed by atoms with Crippen LogP contribution in [0.1, 0.15) is 55.5 Å². The van der Waals surface area contributed by atoms with Crippen LogP contribution in [0.5, 0.6) is 0 Å². The normalized spacial score (nSPS) is 14.7. The van der Waals surface area contributed by atoms with E-state index in [1.165, 1.54) is 31.2 Å². The Balaban J connectivity index is 1.63. The molecule has 0 aliphatic carbocycles. The number of rotatable bonds is 6. The minimum absolute atomic E-state index is 0.190. The second kappa shape index (κ2) is 8.90. The number of carbonyl (C=O) groups excluding carboxylic acids is 4. The summed E-state index contributed by atoms with van der Waals surface area (Å²) in [4.78, 5) is 49.6. The number of ether oxygens (including phenoxy) is 1. The second-order valence-electron chi connectivity index (χ2n) is 7.45. The van der Waals surface area contributed by atoms with Gasteiger partial charge in [0.15, 0.2) is 6.10 Å². The third-order valence-electron chi connectivity index (χ3n) is 4.91. The first-order valence-electron chi connectivity index (χ1n) is 9.84. The number of imide groups is 1. The number of benzene rings is 2. The summed E-state index contributed by atoms with van der Waals surface area (Å²) in [5.41, 5.74) is 2.31. The molecule has 1 atom stereocenters. The molecule has 2 aromatic carbocycles. The summed E-state index contributed by atoms with van der Waals surface area (Å²) in [6.07, 6.45) is -0.621. The lowest BCUT2D eigenvalue weighted by molar-refractivity contribution is -0.124. The average Bonchev–Trinajstić information content (AvgIpc) is 3.06. The van der Waals surface area contributed by atoms with Gasteiger partial charge in [0.05, 0.1) is 11.3 Å². The van der Waals surface area contributed by atoms with Crippen molar-refractivity contribution in [2.45, 2.75) is 45.6 Å². The summed E-state index contributed by atoms with van der Waals surface area (Å²) < 4.78 is 5.28. The Kier molecular flexibility index (Phi) is 6.30. The molecule has 0 spiro atoms. The Morgan fingerprint density at radius 2 is 1.53 bits per heavy atom. The first-order chi connectivity index (χ1) is 14.3. The van der Waals surface area contributed by atoms with Crippen LogP contribution in [0.25, 0.3) is 0 Å². The zero-order chi connectivity index (χ0) is 21.8. The molecule has 1 saturated heterocycles. The molecular weight excluding hydrogens is 384 g/mol. The van der Waals surface area contributed by atoms with Crippen molar-refractivity contribution in [2.75, 3.05) is 10.2 Å². The van der Waals surface area contributed by atoms with Crippen LogP contribution in [0, 0.1) is 0 Å². The largest absolute Gasteiger partial charge is 0.449 e. The Morgan fingerprint density at radius 1 is 0.933 bits per heavy atom. The lowest BCUT2D eigenvalue weighted by atomic mass is 10.0. The quantitative estimate of drug-likeness (QED) is 0.582. The minimum atomic E-state index is -1.00. The fourth-order valence-electron chi connectivity index (χ4n) is 3.24. The number of nitrogens with zero attached hydrogens (tertiary/aromatic N) is 1. The summed E-state index contributed by atoms with van der Waals surface area (Å²) in [5.74, 6) is -1.39. The van der Waals surface area contributed by atoms with Gasteiger partial charge in [-0.2, -0.15) is 0 Å². The van der Waals surface area contributed by atoms with Crippen molar-refractivity contribution >= 4 is 35.1 Å². The van der Waals surface area contributed by atoms with Crippen molar-refractivity contribution in [1.29, 1.82) is 0 Å². The zero-order valence-electron chi connectivity index (χ0n) is 17.2. The summed E-state index contributed by atoms with van der Waals surface area (Å²) in [5, 5.41) is 2.81. The number of para-hydroxylation sites is 1. The highest BCUT2D eigenvalue weighted by Crippen LogP contribution is 2.25. The van der Waals surface area contributed by atoms with Gasteiger partial charge >= 0.3 is 5.97 Å². The monoisotopic (exact) mass is 408 g/mol. The summed E-state index contributed by atoms with van der Waals surface area (Å²) in [7, 11) is 0. The summed E-state index contributed by atoms with van der Waals surface area (Å²) in [6.45, 7) is 5.56. The van der Waals surface area contributed by atoms with Gasteiger partial charge in [-0.05, 0) is 48.7 Å². The number of anilines is 2. The van der Waals surface area contributed by atoms with Crippen molar-refractivity contribution in [2.24, 2.45) is 0 Å². The topological polar surface area (TPSA) is 92.8 Å². The smallest absolute Gasteiger partial charge is 0.338 e. The lowest BCUT2D eigenvalue weighted by Crippen LogP contribution is -2.30. The maximum absolute atomic E-state index is 12.5. The molecule has 0 unspecified atom stereocenters.